The van der Waals surface area contributed by atoms with Gasteiger partial charge in [-0.2, -0.15) is 13.2 Å². The zero-order valence-electron chi connectivity index (χ0n) is 20.4. The summed E-state index contributed by atoms with van der Waals surface area (Å²) in [7, 11) is 0. The van der Waals surface area contributed by atoms with Gasteiger partial charge in [0.25, 0.3) is 5.91 Å². The first-order valence-electron chi connectivity index (χ1n) is 11.3. The van der Waals surface area contributed by atoms with Crippen molar-refractivity contribution in [1.29, 1.82) is 0 Å². The molecule has 0 aliphatic heterocycles. The van der Waals surface area contributed by atoms with Crippen LogP contribution >= 0.6 is 58.0 Å². The summed E-state index contributed by atoms with van der Waals surface area (Å²) < 4.78 is 93.8. The van der Waals surface area contributed by atoms with Crippen molar-refractivity contribution in [2.75, 3.05) is 16.0 Å². The molecule has 4 rings (SSSR count). The third-order valence-electron chi connectivity index (χ3n) is 6.08. The summed E-state index contributed by atoms with van der Waals surface area (Å²) in [5.74, 6) is -14.2. The van der Waals surface area contributed by atoms with Crippen molar-refractivity contribution in [3.8, 4) is 0 Å². The number of hydrogen-bond acceptors (Lipinski definition) is 3. The summed E-state index contributed by atoms with van der Waals surface area (Å²) in [5.41, 5.74) is -3.94. The second-order valence-corrected chi connectivity index (χ2v) is 11.6. The minimum Gasteiger partial charge on any atom is -0.326 e. The number of rotatable bonds is 6. The van der Waals surface area contributed by atoms with E-state index in [4.69, 9.17) is 58.0 Å². The summed E-state index contributed by atoms with van der Waals surface area (Å²) in [4.78, 5) is 36.8. The fourth-order valence-corrected chi connectivity index (χ4v) is 5.45. The molecular formula is C25H11Cl5F7N3O3. The Bertz CT molecular complexity index is 1660. The Morgan fingerprint density at radius 1 is 0.791 bits per heavy atom. The van der Waals surface area contributed by atoms with E-state index in [1.807, 2.05) is 0 Å². The second-order valence-electron chi connectivity index (χ2n) is 8.93. The number of hydrogen-bond donors (Lipinski definition) is 3. The summed E-state index contributed by atoms with van der Waals surface area (Å²) >= 11 is 30.5. The molecule has 0 spiro atoms. The fraction of sp³-hybridized carbons (Fsp3) is 0.160. The van der Waals surface area contributed by atoms with Crippen LogP contribution in [0.1, 0.15) is 21.8 Å². The lowest BCUT2D eigenvalue weighted by molar-refractivity contribution is -0.167. The summed E-state index contributed by atoms with van der Waals surface area (Å²) in [6.45, 7) is 0. The molecule has 3 aromatic rings. The first kappa shape index (κ1) is 32.9. The molecule has 6 nitrogen and oxygen atoms in total. The largest absolute Gasteiger partial charge is 0.471 e. The maximum Gasteiger partial charge on any atom is 0.471 e. The molecule has 2 atom stereocenters. The van der Waals surface area contributed by atoms with Gasteiger partial charge in [-0.3, -0.25) is 14.4 Å². The summed E-state index contributed by atoms with van der Waals surface area (Å²) in [6.07, 6.45) is -5.43. The molecular weight excluding hydrogens is 701 g/mol. The van der Waals surface area contributed by atoms with Gasteiger partial charge in [0.1, 0.15) is 15.8 Å². The molecule has 1 saturated carbocycles. The average Bonchev–Trinajstić information content (AvgIpc) is 3.49. The van der Waals surface area contributed by atoms with Gasteiger partial charge in [0.15, 0.2) is 17.5 Å². The maximum atomic E-state index is 14.7. The minimum atomic E-state index is -5.43. The average molecular weight is 712 g/mol. The first-order valence-corrected chi connectivity index (χ1v) is 13.2. The number of halogens is 12. The van der Waals surface area contributed by atoms with Crippen LogP contribution in [-0.2, 0) is 9.59 Å². The number of nitrogens with one attached hydrogen (secondary N) is 3. The van der Waals surface area contributed by atoms with Crippen LogP contribution in [0.15, 0.2) is 36.4 Å². The molecule has 43 heavy (non-hydrogen) atoms. The van der Waals surface area contributed by atoms with Gasteiger partial charge in [0, 0.05) is 17.7 Å². The molecule has 3 N–H and O–H groups in total. The van der Waals surface area contributed by atoms with E-state index in [1.165, 1.54) is 12.1 Å². The number of alkyl halides is 5. The Morgan fingerprint density at radius 2 is 1.40 bits per heavy atom. The Kier molecular flexibility index (Phi) is 9.07. The summed E-state index contributed by atoms with van der Waals surface area (Å²) in [5, 5.41) is 5.04. The normalized spacial score (nSPS) is 17.3. The zero-order valence-corrected chi connectivity index (χ0v) is 24.2. The molecule has 3 aromatic carbocycles. The molecule has 18 heteroatoms. The Morgan fingerprint density at radius 3 is 1.98 bits per heavy atom. The Hall–Kier alpha value is -2.97. The second kappa shape index (κ2) is 11.8. The summed E-state index contributed by atoms with van der Waals surface area (Å²) in [6, 6.07) is 4.66. The molecule has 0 heterocycles. The SMILES string of the molecule is O=C(Nc1c(F)ccc(NC(=O)C(F)(F)F)c1F)c1cc(NC(=O)C2[C@H](c3cc(Cl)c(Cl)c(Cl)c3)C2(Cl)Cl)cc(F)c1F. The molecule has 0 aromatic heterocycles. The van der Waals surface area contributed by atoms with Crippen molar-refractivity contribution in [1.82, 2.24) is 0 Å². The van der Waals surface area contributed by atoms with E-state index in [0.717, 1.165) is 5.32 Å². The lowest BCUT2D eigenvalue weighted by Crippen LogP contribution is -2.30. The molecule has 3 amide bonds. The van der Waals surface area contributed by atoms with Crippen LogP contribution in [0.5, 0.6) is 0 Å². The molecule has 0 radical (unpaired) electrons. The fourth-order valence-electron chi connectivity index (χ4n) is 4.01. The standard InChI is InChI=1S/C25H11Cl5F7N3O3/c26-10-3-7(4-11(27)17(10)28)15-16(24(15,29)30)22(42)38-8-5-9(18(33)13(32)6-8)21(41)40-20-12(31)1-2-14(19(20)34)39-23(43)25(35,36)37/h1-6,15-16H,(H,38,42)(H,39,43)(H,40,41)/t15-,16?/m0/s1. The highest BCUT2D eigenvalue weighted by molar-refractivity contribution is 6.54. The van der Waals surface area contributed by atoms with E-state index in [9.17, 15) is 45.1 Å². The predicted molar refractivity (Wildman–Crippen MR) is 146 cm³/mol. The Balaban J connectivity index is 1.57. The van der Waals surface area contributed by atoms with Crippen molar-refractivity contribution in [2.24, 2.45) is 5.92 Å². The van der Waals surface area contributed by atoms with E-state index < -0.39 is 86.0 Å². The van der Waals surface area contributed by atoms with Gasteiger partial charge in [-0.05, 0) is 35.9 Å². The van der Waals surface area contributed by atoms with Crippen LogP contribution in [0.2, 0.25) is 15.1 Å². The Labute approximate surface area is 261 Å². The van der Waals surface area contributed by atoms with E-state index in [1.54, 1.807) is 5.32 Å². The van der Waals surface area contributed by atoms with Gasteiger partial charge in [0.05, 0.1) is 32.2 Å². The zero-order chi connectivity index (χ0) is 32.2. The van der Waals surface area contributed by atoms with Crippen molar-refractivity contribution < 1.29 is 45.1 Å². The quantitative estimate of drug-likeness (QED) is 0.136. The highest BCUT2D eigenvalue weighted by Crippen LogP contribution is 2.65. The lowest BCUT2D eigenvalue weighted by atomic mass is 10.1. The number of amides is 3. The first-order chi connectivity index (χ1) is 19.8. The number of benzene rings is 3. The molecule has 1 unspecified atom stereocenters. The molecule has 1 fully saturated rings. The van der Waals surface area contributed by atoms with Crippen molar-refractivity contribution >= 4 is 92.8 Å². The van der Waals surface area contributed by atoms with Crippen LogP contribution in [-0.4, -0.2) is 28.2 Å². The maximum absolute atomic E-state index is 14.7. The van der Waals surface area contributed by atoms with Gasteiger partial charge in [-0.1, -0.05) is 34.8 Å². The molecule has 228 valence electrons. The van der Waals surface area contributed by atoms with Gasteiger partial charge < -0.3 is 16.0 Å². The highest BCUT2D eigenvalue weighted by Gasteiger charge is 2.67. The number of carbonyl (C=O) groups is 3. The molecule has 1 aliphatic carbocycles. The topological polar surface area (TPSA) is 87.3 Å². The van der Waals surface area contributed by atoms with Gasteiger partial charge in [-0.15, -0.1) is 23.2 Å². The van der Waals surface area contributed by atoms with Gasteiger partial charge in [0.2, 0.25) is 5.91 Å². The molecule has 1 aliphatic rings. The van der Waals surface area contributed by atoms with E-state index in [2.05, 4.69) is 5.32 Å². The predicted octanol–water partition coefficient (Wildman–Crippen LogP) is 8.48. The van der Waals surface area contributed by atoms with Crippen molar-refractivity contribution in [3.63, 3.8) is 0 Å². The van der Waals surface area contributed by atoms with E-state index in [0.29, 0.717) is 29.8 Å². The van der Waals surface area contributed by atoms with Crippen molar-refractivity contribution in [2.45, 2.75) is 16.4 Å². The van der Waals surface area contributed by atoms with Gasteiger partial charge in [-0.25, -0.2) is 17.6 Å². The number of anilines is 3. The van der Waals surface area contributed by atoms with Crippen LogP contribution in [0.25, 0.3) is 0 Å². The van der Waals surface area contributed by atoms with Crippen molar-refractivity contribution in [3.05, 3.63) is 85.9 Å². The van der Waals surface area contributed by atoms with Crippen LogP contribution < -0.4 is 16.0 Å². The van der Waals surface area contributed by atoms with Gasteiger partial charge >= 0.3 is 12.1 Å². The number of carbonyl (C=O) groups excluding carboxylic acids is 3. The van der Waals surface area contributed by atoms with Crippen LogP contribution in [0.4, 0.5) is 47.8 Å². The third kappa shape index (κ3) is 6.60. The molecule has 0 bridgehead atoms. The van der Waals surface area contributed by atoms with Crippen LogP contribution in [0.3, 0.4) is 0 Å². The highest BCUT2D eigenvalue weighted by atomic mass is 35.5. The smallest absolute Gasteiger partial charge is 0.326 e. The monoisotopic (exact) mass is 709 g/mol. The third-order valence-corrected chi connectivity index (χ3v) is 8.21. The molecule has 0 saturated heterocycles. The lowest BCUT2D eigenvalue weighted by Gasteiger charge is -2.14. The van der Waals surface area contributed by atoms with E-state index in [-0.39, 0.29) is 15.1 Å². The van der Waals surface area contributed by atoms with E-state index >= 15 is 0 Å². The minimum absolute atomic E-state index is 0.0358. The van der Waals surface area contributed by atoms with Crippen LogP contribution in [0, 0.1) is 29.2 Å².